The number of hydrogen-bond acceptors (Lipinski definition) is 2. The van der Waals surface area contributed by atoms with Crippen molar-refractivity contribution in [2.24, 2.45) is 0 Å². The van der Waals surface area contributed by atoms with Gasteiger partial charge in [0, 0.05) is 13.6 Å². The first kappa shape index (κ1) is 9.90. The predicted octanol–water partition coefficient (Wildman–Crippen LogP) is 1.33. The number of carbonyl (C=O) groups is 2. The molecule has 0 saturated heterocycles. The highest BCUT2D eigenvalue weighted by Gasteiger charge is 2.33. The van der Waals surface area contributed by atoms with Gasteiger partial charge < -0.3 is 4.90 Å². The fourth-order valence-corrected chi connectivity index (χ4v) is 2.04. The van der Waals surface area contributed by atoms with Gasteiger partial charge in [-0.25, -0.2) is 0 Å². The second-order valence-electron chi connectivity index (χ2n) is 3.94. The van der Waals surface area contributed by atoms with E-state index in [2.05, 4.69) is 0 Å². The Bertz CT molecular complexity index is 425. The Morgan fingerprint density at radius 2 is 2.07 bits per heavy atom. The maximum absolute atomic E-state index is 11.8. The molecule has 0 bridgehead atoms. The van der Waals surface area contributed by atoms with Crippen LogP contribution in [0.15, 0.2) is 24.3 Å². The summed E-state index contributed by atoms with van der Waals surface area (Å²) in [6.45, 7) is 2.07. The third kappa shape index (κ3) is 1.54. The predicted molar refractivity (Wildman–Crippen MR) is 56.3 cm³/mol. The number of benzene rings is 1. The summed E-state index contributed by atoms with van der Waals surface area (Å²) in [5.74, 6) is -0.778. The number of likely N-dealkylation sites (N-methyl/N-ethyl adjacent to an activating group) is 1. The average Bonchev–Trinajstić information content (AvgIpc) is 2.19. The van der Waals surface area contributed by atoms with Gasteiger partial charge in [-0.15, -0.1) is 0 Å². The largest absolute Gasteiger partial charge is 0.341 e. The van der Waals surface area contributed by atoms with Crippen molar-refractivity contribution in [3.05, 3.63) is 35.4 Å². The van der Waals surface area contributed by atoms with E-state index in [1.54, 1.807) is 11.9 Å². The van der Waals surface area contributed by atoms with Crippen molar-refractivity contribution in [3.63, 3.8) is 0 Å². The van der Waals surface area contributed by atoms with Gasteiger partial charge in [0.05, 0.1) is 0 Å². The van der Waals surface area contributed by atoms with Crippen molar-refractivity contribution in [3.8, 4) is 0 Å². The molecule has 2 rings (SSSR count). The minimum absolute atomic E-state index is 0.0843. The van der Waals surface area contributed by atoms with Crippen LogP contribution in [0.4, 0.5) is 0 Å². The third-order valence-corrected chi connectivity index (χ3v) is 2.80. The molecule has 1 aliphatic heterocycles. The van der Waals surface area contributed by atoms with Gasteiger partial charge in [0.2, 0.25) is 5.91 Å². The van der Waals surface area contributed by atoms with Gasteiger partial charge in [-0.05, 0) is 18.1 Å². The minimum atomic E-state index is -0.597. The monoisotopic (exact) mass is 203 g/mol. The van der Waals surface area contributed by atoms with Crippen molar-refractivity contribution >= 4 is 11.7 Å². The lowest BCUT2D eigenvalue weighted by Crippen LogP contribution is -2.39. The zero-order valence-electron chi connectivity index (χ0n) is 8.86. The summed E-state index contributed by atoms with van der Waals surface area (Å²) >= 11 is 0. The van der Waals surface area contributed by atoms with Crippen molar-refractivity contribution in [2.45, 2.75) is 19.4 Å². The lowest BCUT2D eigenvalue weighted by atomic mass is 9.87. The Kier molecular flexibility index (Phi) is 2.31. The summed E-state index contributed by atoms with van der Waals surface area (Å²) in [7, 11) is 1.73. The summed E-state index contributed by atoms with van der Waals surface area (Å²) in [6.07, 6.45) is 0. The number of rotatable bonds is 1. The van der Waals surface area contributed by atoms with Gasteiger partial charge >= 0.3 is 0 Å². The van der Waals surface area contributed by atoms with Gasteiger partial charge in [0.15, 0.2) is 0 Å². The van der Waals surface area contributed by atoms with Gasteiger partial charge in [-0.3, -0.25) is 9.59 Å². The standard InChI is InChI=1S/C12H13NO2/c1-8(14)11-10-6-4-3-5-9(10)7-13(2)12(11)15/h3-6,11H,7H2,1-2H3. The Morgan fingerprint density at radius 3 is 2.73 bits per heavy atom. The summed E-state index contributed by atoms with van der Waals surface area (Å²) in [6, 6.07) is 7.63. The molecular weight excluding hydrogens is 190 g/mol. The van der Waals surface area contributed by atoms with E-state index in [0.29, 0.717) is 6.54 Å². The molecule has 78 valence electrons. The summed E-state index contributed by atoms with van der Waals surface area (Å²) in [4.78, 5) is 24.9. The summed E-state index contributed by atoms with van der Waals surface area (Å²) in [5.41, 5.74) is 1.94. The minimum Gasteiger partial charge on any atom is -0.341 e. The van der Waals surface area contributed by atoms with E-state index in [4.69, 9.17) is 0 Å². The molecule has 1 aliphatic rings. The van der Waals surface area contributed by atoms with Crippen LogP contribution in [-0.4, -0.2) is 23.6 Å². The second-order valence-corrected chi connectivity index (χ2v) is 3.94. The molecule has 3 heteroatoms. The lowest BCUT2D eigenvalue weighted by Gasteiger charge is -2.30. The fraction of sp³-hybridized carbons (Fsp3) is 0.333. The number of hydrogen-bond donors (Lipinski definition) is 0. The van der Waals surface area contributed by atoms with Crippen LogP contribution in [0.3, 0.4) is 0 Å². The molecule has 0 saturated carbocycles. The lowest BCUT2D eigenvalue weighted by molar-refractivity contribution is -0.137. The third-order valence-electron chi connectivity index (χ3n) is 2.80. The van der Waals surface area contributed by atoms with Crippen molar-refractivity contribution < 1.29 is 9.59 Å². The van der Waals surface area contributed by atoms with Crippen LogP contribution in [0.25, 0.3) is 0 Å². The highest BCUT2D eigenvalue weighted by Crippen LogP contribution is 2.28. The number of carbonyl (C=O) groups excluding carboxylic acids is 2. The molecule has 1 amide bonds. The quantitative estimate of drug-likeness (QED) is 0.646. The first-order valence-electron chi connectivity index (χ1n) is 4.94. The van der Waals surface area contributed by atoms with Gasteiger partial charge in [0.25, 0.3) is 0 Å². The zero-order chi connectivity index (χ0) is 11.0. The van der Waals surface area contributed by atoms with Crippen LogP contribution < -0.4 is 0 Å². The maximum atomic E-state index is 11.8. The Morgan fingerprint density at radius 1 is 1.40 bits per heavy atom. The van der Waals surface area contributed by atoms with Crippen LogP contribution in [0.5, 0.6) is 0 Å². The highest BCUT2D eigenvalue weighted by molar-refractivity contribution is 6.06. The van der Waals surface area contributed by atoms with Gasteiger partial charge in [-0.1, -0.05) is 24.3 Å². The van der Waals surface area contributed by atoms with Crippen LogP contribution in [0.2, 0.25) is 0 Å². The molecule has 15 heavy (non-hydrogen) atoms. The molecule has 1 unspecified atom stereocenters. The topological polar surface area (TPSA) is 37.4 Å². The second kappa shape index (κ2) is 3.50. The van der Waals surface area contributed by atoms with Gasteiger partial charge in [0.1, 0.15) is 11.7 Å². The van der Waals surface area contributed by atoms with E-state index < -0.39 is 5.92 Å². The van der Waals surface area contributed by atoms with E-state index in [-0.39, 0.29) is 11.7 Å². The molecule has 0 aliphatic carbocycles. The van der Waals surface area contributed by atoms with E-state index in [9.17, 15) is 9.59 Å². The molecule has 1 aromatic rings. The molecule has 0 fully saturated rings. The molecule has 1 aromatic carbocycles. The fourth-order valence-electron chi connectivity index (χ4n) is 2.04. The van der Waals surface area contributed by atoms with E-state index in [1.807, 2.05) is 24.3 Å². The van der Waals surface area contributed by atoms with E-state index in [0.717, 1.165) is 11.1 Å². The Labute approximate surface area is 88.7 Å². The number of amides is 1. The smallest absolute Gasteiger partial charge is 0.237 e. The van der Waals surface area contributed by atoms with E-state index in [1.165, 1.54) is 6.92 Å². The summed E-state index contributed by atoms with van der Waals surface area (Å²) in [5, 5.41) is 0. The molecular formula is C12H13NO2. The first-order valence-corrected chi connectivity index (χ1v) is 4.94. The summed E-state index contributed by atoms with van der Waals surface area (Å²) < 4.78 is 0. The van der Waals surface area contributed by atoms with Crippen molar-refractivity contribution in [1.29, 1.82) is 0 Å². The molecule has 1 atom stereocenters. The van der Waals surface area contributed by atoms with Crippen LogP contribution in [-0.2, 0) is 16.1 Å². The van der Waals surface area contributed by atoms with Crippen LogP contribution in [0.1, 0.15) is 24.0 Å². The van der Waals surface area contributed by atoms with Crippen LogP contribution >= 0.6 is 0 Å². The van der Waals surface area contributed by atoms with Crippen LogP contribution in [0, 0.1) is 0 Å². The normalized spacial score (nSPS) is 20.0. The number of nitrogens with zero attached hydrogens (tertiary/aromatic N) is 1. The van der Waals surface area contributed by atoms with Gasteiger partial charge in [-0.2, -0.15) is 0 Å². The Balaban J connectivity index is 2.54. The molecule has 0 N–H and O–H groups in total. The Hall–Kier alpha value is -1.64. The zero-order valence-corrected chi connectivity index (χ0v) is 8.86. The highest BCUT2D eigenvalue weighted by atomic mass is 16.2. The molecule has 0 spiro atoms. The molecule has 3 nitrogen and oxygen atoms in total. The first-order chi connectivity index (χ1) is 7.11. The molecule has 1 heterocycles. The maximum Gasteiger partial charge on any atom is 0.237 e. The SMILES string of the molecule is CC(=O)C1C(=O)N(C)Cc2ccccc21. The number of fused-ring (bicyclic) bond motifs is 1. The number of Topliss-reactive ketones (excluding diaryl/α,β-unsaturated/α-hetero) is 1. The number of ketones is 1. The average molecular weight is 203 g/mol. The van der Waals surface area contributed by atoms with Crippen molar-refractivity contribution in [2.75, 3.05) is 7.05 Å². The van der Waals surface area contributed by atoms with E-state index >= 15 is 0 Å². The molecule has 0 radical (unpaired) electrons. The molecule has 0 aromatic heterocycles. The van der Waals surface area contributed by atoms with Crippen molar-refractivity contribution in [1.82, 2.24) is 4.90 Å².